The molecule has 0 amide bonds. The molecule has 3 heteroatoms. The van der Waals surface area contributed by atoms with Crippen LogP contribution in [0.3, 0.4) is 0 Å². The first-order valence-corrected chi connectivity index (χ1v) is 7.44. The number of hydrogen-bond donors (Lipinski definition) is 0. The Labute approximate surface area is 131 Å². The van der Waals surface area contributed by atoms with Crippen LogP contribution in [0.2, 0.25) is 0 Å². The lowest BCUT2D eigenvalue weighted by molar-refractivity contribution is 0.360. The monoisotopic (exact) mass is 338 g/mol. The van der Waals surface area contributed by atoms with Gasteiger partial charge in [0, 0.05) is 4.47 Å². The van der Waals surface area contributed by atoms with Gasteiger partial charge >= 0.3 is 0 Å². The molecule has 1 aliphatic heterocycles. The van der Waals surface area contributed by atoms with Crippen molar-refractivity contribution >= 4 is 15.9 Å². The van der Waals surface area contributed by atoms with Crippen molar-refractivity contribution < 1.29 is 9.47 Å². The molecule has 1 heterocycles. The molecule has 102 valence electrons. The molecule has 3 aromatic rings. The summed E-state index contributed by atoms with van der Waals surface area (Å²) >= 11 is 3.45. The fourth-order valence-electron chi connectivity index (χ4n) is 2.35. The van der Waals surface area contributed by atoms with E-state index in [0.717, 1.165) is 38.6 Å². The standard InChI is InChI=1S/C18H11BrO2/c19-14-8-5-12(6-9-14)13-7-10-17-18(11-13)21-16-4-2-1-3-15(16)20-17/h1-11H. The first-order chi connectivity index (χ1) is 10.3. The second-order valence-corrected chi connectivity index (χ2v) is 5.73. The molecule has 0 N–H and O–H groups in total. The zero-order valence-electron chi connectivity index (χ0n) is 11.0. The van der Waals surface area contributed by atoms with Crippen LogP contribution >= 0.6 is 15.9 Å². The topological polar surface area (TPSA) is 18.5 Å². The zero-order valence-corrected chi connectivity index (χ0v) is 12.6. The molecular weight excluding hydrogens is 328 g/mol. The summed E-state index contributed by atoms with van der Waals surface area (Å²) in [6.45, 7) is 0. The van der Waals surface area contributed by atoms with Crippen LogP contribution in [0.15, 0.2) is 71.2 Å². The van der Waals surface area contributed by atoms with Gasteiger partial charge in [-0.05, 0) is 47.5 Å². The molecule has 0 saturated heterocycles. The van der Waals surface area contributed by atoms with Crippen molar-refractivity contribution in [2.45, 2.75) is 0 Å². The van der Waals surface area contributed by atoms with E-state index in [9.17, 15) is 0 Å². The number of benzene rings is 3. The molecule has 0 bridgehead atoms. The van der Waals surface area contributed by atoms with Gasteiger partial charge < -0.3 is 9.47 Å². The van der Waals surface area contributed by atoms with Crippen LogP contribution < -0.4 is 9.47 Å². The fraction of sp³-hybridized carbons (Fsp3) is 0. The smallest absolute Gasteiger partial charge is 0.170 e. The Bertz CT molecular complexity index is 810. The van der Waals surface area contributed by atoms with Crippen LogP contribution in [-0.2, 0) is 0 Å². The van der Waals surface area contributed by atoms with E-state index in [1.165, 1.54) is 0 Å². The van der Waals surface area contributed by atoms with Gasteiger partial charge in [-0.3, -0.25) is 0 Å². The second-order valence-electron chi connectivity index (χ2n) is 4.82. The summed E-state index contributed by atoms with van der Waals surface area (Å²) in [6, 6.07) is 21.9. The lowest BCUT2D eigenvalue weighted by Gasteiger charge is -2.20. The van der Waals surface area contributed by atoms with Gasteiger partial charge in [0.05, 0.1) is 0 Å². The van der Waals surface area contributed by atoms with Gasteiger partial charge in [0.1, 0.15) is 0 Å². The van der Waals surface area contributed by atoms with Crippen molar-refractivity contribution in [1.82, 2.24) is 0 Å². The van der Waals surface area contributed by atoms with Gasteiger partial charge in [0.25, 0.3) is 0 Å². The van der Waals surface area contributed by atoms with Crippen LogP contribution in [-0.4, -0.2) is 0 Å². The Morgan fingerprint density at radius 3 is 1.86 bits per heavy atom. The van der Waals surface area contributed by atoms with Crippen LogP contribution in [0.25, 0.3) is 11.1 Å². The summed E-state index contributed by atoms with van der Waals surface area (Å²) in [4.78, 5) is 0. The Hall–Kier alpha value is -2.26. The van der Waals surface area contributed by atoms with E-state index in [2.05, 4.69) is 28.1 Å². The number of ether oxygens (including phenoxy) is 2. The molecule has 0 aliphatic carbocycles. The quantitative estimate of drug-likeness (QED) is 0.422. The molecule has 0 fully saturated rings. The Balaban J connectivity index is 1.74. The molecular formula is C18H11BrO2. The van der Waals surface area contributed by atoms with E-state index < -0.39 is 0 Å². The van der Waals surface area contributed by atoms with E-state index in [1.54, 1.807) is 0 Å². The molecule has 0 atom stereocenters. The predicted octanol–water partition coefficient (Wildman–Crippen LogP) is 6.01. The van der Waals surface area contributed by atoms with Gasteiger partial charge in [0.2, 0.25) is 0 Å². The Morgan fingerprint density at radius 2 is 1.14 bits per heavy atom. The fourth-order valence-corrected chi connectivity index (χ4v) is 2.61. The molecule has 4 rings (SSSR count). The minimum Gasteiger partial charge on any atom is -0.450 e. The van der Waals surface area contributed by atoms with Crippen molar-refractivity contribution in [1.29, 1.82) is 0 Å². The van der Waals surface area contributed by atoms with Crippen molar-refractivity contribution in [3.8, 4) is 34.1 Å². The van der Waals surface area contributed by atoms with E-state index >= 15 is 0 Å². The number of hydrogen-bond acceptors (Lipinski definition) is 2. The van der Waals surface area contributed by atoms with E-state index in [1.807, 2.05) is 54.6 Å². The Morgan fingerprint density at radius 1 is 0.571 bits per heavy atom. The molecule has 0 saturated carbocycles. The number of halogens is 1. The number of fused-ring (bicyclic) bond motifs is 2. The Kier molecular flexibility index (Phi) is 2.93. The first-order valence-electron chi connectivity index (χ1n) is 6.64. The van der Waals surface area contributed by atoms with Crippen molar-refractivity contribution in [3.05, 3.63) is 71.2 Å². The molecule has 3 aromatic carbocycles. The lowest BCUT2D eigenvalue weighted by atomic mass is 10.1. The van der Waals surface area contributed by atoms with E-state index in [4.69, 9.17) is 9.47 Å². The van der Waals surface area contributed by atoms with Crippen LogP contribution in [0.1, 0.15) is 0 Å². The maximum Gasteiger partial charge on any atom is 0.170 e. The average Bonchev–Trinajstić information content (AvgIpc) is 2.53. The summed E-state index contributed by atoms with van der Waals surface area (Å²) in [7, 11) is 0. The van der Waals surface area contributed by atoms with Crippen molar-refractivity contribution in [3.63, 3.8) is 0 Å². The summed E-state index contributed by atoms with van der Waals surface area (Å²) < 4.78 is 12.9. The highest BCUT2D eigenvalue weighted by Crippen LogP contribution is 2.46. The SMILES string of the molecule is Brc1ccc(-c2ccc3c(c2)Oc2ccccc2O3)cc1. The van der Waals surface area contributed by atoms with Crippen LogP contribution in [0, 0.1) is 0 Å². The largest absolute Gasteiger partial charge is 0.450 e. The third-order valence-corrected chi connectivity index (χ3v) is 3.94. The highest BCUT2D eigenvalue weighted by molar-refractivity contribution is 9.10. The maximum absolute atomic E-state index is 5.93. The lowest BCUT2D eigenvalue weighted by Crippen LogP contribution is -1.98. The maximum atomic E-state index is 5.93. The predicted molar refractivity (Wildman–Crippen MR) is 86.2 cm³/mol. The third kappa shape index (κ3) is 2.30. The van der Waals surface area contributed by atoms with Crippen LogP contribution in [0.4, 0.5) is 0 Å². The van der Waals surface area contributed by atoms with E-state index in [0.29, 0.717) is 0 Å². The molecule has 21 heavy (non-hydrogen) atoms. The highest BCUT2D eigenvalue weighted by Gasteiger charge is 2.18. The highest BCUT2D eigenvalue weighted by atomic mass is 79.9. The summed E-state index contributed by atoms with van der Waals surface area (Å²) in [5.41, 5.74) is 2.24. The number of para-hydroxylation sites is 2. The van der Waals surface area contributed by atoms with Gasteiger partial charge in [-0.15, -0.1) is 0 Å². The van der Waals surface area contributed by atoms with Gasteiger partial charge in [0.15, 0.2) is 23.0 Å². The summed E-state index contributed by atoms with van der Waals surface area (Å²) in [6.07, 6.45) is 0. The summed E-state index contributed by atoms with van der Waals surface area (Å²) in [5.74, 6) is 2.99. The van der Waals surface area contributed by atoms with Gasteiger partial charge in [-0.25, -0.2) is 0 Å². The van der Waals surface area contributed by atoms with Crippen LogP contribution in [0.5, 0.6) is 23.0 Å². The van der Waals surface area contributed by atoms with Gasteiger partial charge in [-0.2, -0.15) is 0 Å². The summed E-state index contributed by atoms with van der Waals surface area (Å²) in [5, 5.41) is 0. The van der Waals surface area contributed by atoms with E-state index in [-0.39, 0.29) is 0 Å². The number of rotatable bonds is 1. The molecule has 0 spiro atoms. The van der Waals surface area contributed by atoms with Crippen molar-refractivity contribution in [2.24, 2.45) is 0 Å². The molecule has 2 nitrogen and oxygen atoms in total. The van der Waals surface area contributed by atoms with Crippen molar-refractivity contribution in [2.75, 3.05) is 0 Å². The molecule has 0 unspecified atom stereocenters. The van der Waals surface area contributed by atoms with Gasteiger partial charge in [-0.1, -0.05) is 46.3 Å². The molecule has 0 aromatic heterocycles. The molecule has 0 radical (unpaired) electrons. The first kappa shape index (κ1) is 12.5. The zero-order chi connectivity index (χ0) is 14.2. The minimum absolute atomic E-state index is 0.745. The normalized spacial score (nSPS) is 11.9. The second kappa shape index (κ2) is 4.93. The molecule has 1 aliphatic rings. The minimum atomic E-state index is 0.745. The third-order valence-electron chi connectivity index (χ3n) is 3.41. The average molecular weight is 339 g/mol.